The molecule has 0 aliphatic heterocycles. The average Bonchev–Trinajstić information content (AvgIpc) is 2.29. The lowest BCUT2D eigenvalue weighted by molar-refractivity contribution is -0.152. The number of esters is 1. The average molecular weight is 265 g/mol. The van der Waals surface area contributed by atoms with Gasteiger partial charge in [-0.15, -0.1) is 12.4 Å². The second-order valence-electron chi connectivity index (χ2n) is 4.41. The number of halogens is 1. The van der Waals surface area contributed by atoms with Gasteiger partial charge in [0, 0.05) is 0 Å². The van der Waals surface area contributed by atoms with Crippen molar-refractivity contribution < 1.29 is 14.3 Å². The molecule has 0 aromatic rings. The van der Waals surface area contributed by atoms with Crippen molar-refractivity contribution in [3.63, 3.8) is 0 Å². The first-order valence-electron chi connectivity index (χ1n) is 5.68. The zero-order valence-electron chi connectivity index (χ0n) is 10.3. The first kappa shape index (κ1) is 16.2. The molecule has 1 atom stereocenters. The molecule has 17 heavy (non-hydrogen) atoms. The second kappa shape index (κ2) is 6.81. The molecule has 0 saturated heterocycles. The van der Waals surface area contributed by atoms with Crippen LogP contribution in [0.4, 0.5) is 0 Å². The smallest absolute Gasteiger partial charge is 0.331 e. The number of nitrogens with two attached hydrogens (primary N) is 1. The summed E-state index contributed by atoms with van der Waals surface area (Å²) in [5, 5.41) is 2.74. The second-order valence-corrected chi connectivity index (χ2v) is 4.41. The number of methoxy groups -OCH3 is 1. The quantitative estimate of drug-likeness (QED) is 0.737. The van der Waals surface area contributed by atoms with Gasteiger partial charge >= 0.3 is 5.97 Å². The first-order valence-corrected chi connectivity index (χ1v) is 5.68. The topological polar surface area (TPSA) is 81.4 Å². The van der Waals surface area contributed by atoms with Crippen LogP contribution in [0, 0.1) is 0 Å². The molecule has 0 aromatic carbocycles. The number of carbonyl (C=O) groups excluding carboxylic acids is 2. The van der Waals surface area contributed by atoms with E-state index in [1.807, 2.05) is 0 Å². The van der Waals surface area contributed by atoms with Gasteiger partial charge < -0.3 is 15.8 Å². The molecular formula is C11H21ClN2O3. The Labute approximate surface area is 108 Å². The van der Waals surface area contributed by atoms with Gasteiger partial charge in [0.1, 0.15) is 5.54 Å². The third-order valence-corrected chi connectivity index (χ3v) is 3.06. The van der Waals surface area contributed by atoms with Gasteiger partial charge in [-0.3, -0.25) is 4.79 Å². The molecule has 100 valence electrons. The zero-order valence-corrected chi connectivity index (χ0v) is 11.1. The van der Waals surface area contributed by atoms with E-state index in [4.69, 9.17) is 10.5 Å². The Bertz CT molecular complexity index is 276. The lowest BCUT2D eigenvalue weighted by Crippen LogP contribution is -2.59. The van der Waals surface area contributed by atoms with Crippen LogP contribution in [0.2, 0.25) is 0 Å². The molecule has 1 amide bonds. The van der Waals surface area contributed by atoms with Crippen LogP contribution < -0.4 is 11.1 Å². The summed E-state index contributed by atoms with van der Waals surface area (Å²) in [7, 11) is 1.34. The van der Waals surface area contributed by atoms with E-state index in [1.165, 1.54) is 7.11 Å². The molecule has 0 bridgehead atoms. The number of nitrogens with one attached hydrogen (secondary N) is 1. The van der Waals surface area contributed by atoms with Crippen LogP contribution >= 0.6 is 12.4 Å². The maximum absolute atomic E-state index is 11.8. The van der Waals surface area contributed by atoms with Gasteiger partial charge in [-0.25, -0.2) is 4.79 Å². The van der Waals surface area contributed by atoms with Gasteiger partial charge in [-0.1, -0.05) is 19.3 Å². The number of rotatable bonds is 3. The minimum absolute atomic E-state index is 0. The number of carbonyl (C=O) groups is 2. The lowest BCUT2D eigenvalue weighted by atomic mass is 9.81. The minimum atomic E-state index is -0.849. The van der Waals surface area contributed by atoms with Crippen molar-refractivity contribution in [1.29, 1.82) is 0 Å². The van der Waals surface area contributed by atoms with E-state index < -0.39 is 11.6 Å². The van der Waals surface area contributed by atoms with Crippen molar-refractivity contribution in [1.82, 2.24) is 5.32 Å². The van der Waals surface area contributed by atoms with Crippen LogP contribution in [0.15, 0.2) is 0 Å². The Hall–Kier alpha value is -0.810. The van der Waals surface area contributed by atoms with Gasteiger partial charge in [-0.2, -0.15) is 0 Å². The number of hydrogen-bond donors (Lipinski definition) is 2. The third-order valence-electron chi connectivity index (χ3n) is 3.06. The number of ether oxygens (including phenoxy) is 1. The molecule has 1 rings (SSSR count). The monoisotopic (exact) mass is 264 g/mol. The number of hydrogen-bond acceptors (Lipinski definition) is 4. The standard InChI is InChI=1S/C11H20N2O3.ClH/c1-8(12)9(14)13-11(10(15)16-2)6-4-3-5-7-11;/h8H,3-7,12H2,1-2H3,(H,13,14);1H/t8-;/m1./s1. The summed E-state index contributed by atoms with van der Waals surface area (Å²) in [5.41, 5.74) is 4.64. The maximum atomic E-state index is 11.8. The summed E-state index contributed by atoms with van der Waals surface area (Å²) in [6, 6.07) is -0.608. The molecule has 3 N–H and O–H groups in total. The molecule has 6 heteroatoms. The van der Waals surface area contributed by atoms with Crippen molar-refractivity contribution in [2.75, 3.05) is 7.11 Å². The number of amides is 1. The summed E-state index contributed by atoms with van der Waals surface area (Å²) < 4.78 is 4.78. The van der Waals surface area contributed by atoms with E-state index in [2.05, 4.69) is 5.32 Å². The van der Waals surface area contributed by atoms with Crippen molar-refractivity contribution in [2.24, 2.45) is 5.73 Å². The first-order chi connectivity index (χ1) is 7.52. The van der Waals surface area contributed by atoms with Crippen LogP contribution in [0.25, 0.3) is 0 Å². The van der Waals surface area contributed by atoms with Crippen LogP contribution in [0.1, 0.15) is 39.0 Å². The molecule has 1 aliphatic carbocycles. The normalized spacial score (nSPS) is 19.7. The molecule has 0 radical (unpaired) electrons. The Balaban J connectivity index is 0.00000256. The van der Waals surface area contributed by atoms with Crippen molar-refractivity contribution in [2.45, 2.75) is 50.6 Å². The predicted octanol–water partition coefficient (Wildman–Crippen LogP) is 0.747. The molecule has 1 fully saturated rings. The van der Waals surface area contributed by atoms with E-state index in [0.29, 0.717) is 12.8 Å². The van der Waals surface area contributed by atoms with Crippen LogP contribution in [-0.2, 0) is 14.3 Å². The molecule has 0 spiro atoms. The van der Waals surface area contributed by atoms with E-state index >= 15 is 0 Å². The summed E-state index contributed by atoms with van der Waals surface area (Å²) in [5.74, 6) is -0.659. The summed E-state index contributed by atoms with van der Waals surface area (Å²) in [6.07, 6.45) is 4.21. The van der Waals surface area contributed by atoms with E-state index in [0.717, 1.165) is 19.3 Å². The Morgan fingerprint density at radius 1 is 1.29 bits per heavy atom. The molecule has 0 unspecified atom stereocenters. The van der Waals surface area contributed by atoms with E-state index in [1.54, 1.807) is 6.92 Å². The molecule has 0 heterocycles. The molecule has 1 aliphatic rings. The van der Waals surface area contributed by atoms with Gasteiger partial charge in [-0.05, 0) is 19.8 Å². The maximum Gasteiger partial charge on any atom is 0.331 e. The van der Waals surface area contributed by atoms with Crippen LogP contribution in [0.3, 0.4) is 0 Å². The zero-order chi connectivity index (χ0) is 12.2. The predicted molar refractivity (Wildman–Crippen MR) is 66.9 cm³/mol. The Morgan fingerprint density at radius 2 is 1.82 bits per heavy atom. The lowest BCUT2D eigenvalue weighted by Gasteiger charge is -2.35. The third kappa shape index (κ3) is 3.85. The molecule has 5 nitrogen and oxygen atoms in total. The van der Waals surface area contributed by atoms with E-state index in [9.17, 15) is 9.59 Å². The Kier molecular flexibility index (Phi) is 6.49. The summed E-state index contributed by atoms with van der Waals surface area (Å²) in [6.45, 7) is 1.60. The highest BCUT2D eigenvalue weighted by Gasteiger charge is 2.42. The van der Waals surface area contributed by atoms with E-state index in [-0.39, 0.29) is 24.3 Å². The van der Waals surface area contributed by atoms with Crippen LogP contribution in [-0.4, -0.2) is 30.6 Å². The van der Waals surface area contributed by atoms with Crippen LogP contribution in [0.5, 0.6) is 0 Å². The van der Waals surface area contributed by atoms with Crippen molar-refractivity contribution in [3.05, 3.63) is 0 Å². The van der Waals surface area contributed by atoms with Crippen molar-refractivity contribution in [3.8, 4) is 0 Å². The highest BCUT2D eigenvalue weighted by atomic mass is 35.5. The Morgan fingerprint density at radius 3 is 2.24 bits per heavy atom. The highest BCUT2D eigenvalue weighted by molar-refractivity contribution is 5.90. The fourth-order valence-electron chi connectivity index (χ4n) is 2.08. The van der Waals surface area contributed by atoms with Gasteiger partial charge in [0.15, 0.2) is 0 Å². The van der Waals surface area contributed by atoms with Gasteiger partial charge in [0.25, 0.3) is 0 Å². The van der Waals surface area contributed by atoms with Gasteiger partial charge in [0.05, 0.1) is 13.2 Å². The summed E-state index contributed by atoms with van der Waals surface area (Å²) in [4.78, 5) is 23.4. The SMILES string of the molecule is COC(=O)C1(NC(=O)[C@@H](C)N)CCCCC1.Cl. The summed E-state index contributed by atoms with van der Waals surface area (Å²) >= 11 is 0. The minimum Gasteiger partial charge on any atom is -0.467 e. The molecule has 0 aromatic heterocycles. The largest absolute Gasteiger partial charge is 0.467 e. The van der Waals surface area contributed by atoms with Crippen molar-refractivity contribution >= 4 is 24.3 Å². The molecule has 1 saturated carbocycles. The highest BCUT2D eigenvalue weighted by Crippen LogP contribution is 2.29. The molecular weight excluding hydrogens is 244 g/mol. The van der Waals surface area contributed by atoms with Gasteiger partial charge in [0.2, 0.25) is 5.91 Å². The fraction of sp³-hybridized carbons (Fsp3) is 0.818. The fourth-order valence-corrected chi connectivity index (χ4v) is 2.08.